The van der Waals surface area contributed by atoms with E-state index in [2.05, 4.69) is 0 Å². The minimum Gasteiger partial charge on any atom is -0.481 e. The Kier molecular flexibility index (Phi) is 3.56. The molecular weight excluding hydrogens is 299 g/mol. The van der Waals surface area contributed by atoms with Crippen molar-refractivity contribution in [3.63, 3.8) is 0 Å². The lowest BCUT2D eigenvalue weighted by Crippen LogP contribution is -2.02. The van der Waals surface area contributed by atoms with E-state index >= 15 is 0 Å². The molecule has 5 heteroatoms. The van der Waals surface area contributed by atoms with Crippen LogP contribution in [-0.2, 0) is 17.4 Å². The van der Waals surface area contributed by atoms with Gasteiger partial charge in [-0.25, -0.2) is 6.14 Å². The van der Waals surface area contributed by atoms with Crippen LogP contribution in [0.25, 0.3) is 0 Å². The van der Waals surface area contributed by atoms with Crippen LogP contribution in [0, 0.1) is 10.5 Å². The summed E-state index contributed by atoms with van der Waals surface area (Å²) >= 11 is -3.58. The van der Waals surface area contributed by atoms with E-state index in [1.54, 1.807) is 19.1 Å². The summed E-state index contributed by atoms with van der Waals surface area (Å²) in [6, 6.07) is 4.74. The smallest absolute Gasteiger partial charge is 0.341 e. The van der Waals surface area contributed by atoms with Crippen molar-refractivity contribution in [2.45, 2.75) is 13.3 Å². The number of carbonyl (C=O) groups is 1. The van der Waals surface area contributed by atoms with Gasteiger partial charge in [0, 0.05) is 0 Å². The largest absolute Gasteiger partial charge is 0.481 e. The summed E-state index contributed by atoms with van der Waals surface area (Å²) in [5.41, 5.74) is 1.25. The van der Waals surface area contributed by atoms with Gasteiger partial charge >= 0.3 is 25.8 Å². The highest BCUT2D eigenvalue weighted by atomic mass is 127. The van der Waals surface area contributed by atoms with Crippen molar-refractivity contribution < 1.29 is 16.0 Å². The summed E-state index contributed by atoms with van der Waals surface area (Å²) in [6.45, 7) is 1.79. The fraction of sp³-hybridized carbons (Fsp3) is 0.222. The molecule has 0 radical (unpaired) electrons. The van der Waals surface area contributed by atoms with Gasteiger partial charge in [0.2, 0.25) is 0 Å². The van der Waals surface area contributed by atoms with E-state index in [-0.39, 0.29) is 9.99 Å². The number of carboxylic acids is 1. The number of aliphatic carboxylic acids is 1. The van der Waals surface area contributed by atoms with Crippen LogP contribution in [0.5, 0.6) is 0 Å². The number of rotatable bonds is 3. The summed E-state index contributed by atoms with van der Waals surface area (Å²) < 4.78 is 21.9. The second-order valence-electron chi connectivity index (χ2n) is 2.88. The highest BCUT2D eigenvalue weighted by Crippen LogP contribution is 2.23. The third kappa shape index (κ3) is 2.76. The number of hydrogen-bond donors (Lipinski definition) is 1. The van der Waals surface area contributed by atoms with Gasteiger partial charge in [0.05, 0.1) is 9.99 Å². The molecule has 0 unspecified atom stereocenters. The van der Waals surface area contributed by atoms with Gasteiger partial charge in [0.1, 0.15) is 0 Å². The van der Waals surface area contributed by atoms with E-state index in [4.69, 9.17) is 5.11 Å². The summed E-state index contributed by atoms with van der Waals surface area (Å²) in [5, 5.41) is 8.58. The van der Waals surface area contributed by atoms with Crippen LogP contribution in [0.2, 0.25) is 0 Å². The topological polar surface area (TPSA) is 71.4 Å². The van der Waals surface area contributed by atoms with Crippen molar-refractivity contribution >= 4 is 25.8 Å². The highest BCUT2D eigenvalue weighted by molar-refractivity contribution is 14.2. The van der Waals surface area contributed by atoms with Crippen LogP contribution in [0.3, 0.4) is 0 Å². The fourth-order valence-electron chi connectivity index (χ4n) is 1.15. The first-order valence-corrected chi connectivity index (χ1v) is 6.71. The van der Waals surface area contributed by atoms with Crippen LogP contribution in [0.15, 0.2) is 18.2 Å². The lowest BCUT2D eigenvalue weighted by Gasteiger charge is -2.01. The minimum atomic E-state index is -3.58. The second kappa shape index (κ2) is 4.50. The Morgan fingerprint density at radius 3 is 2.57 bits per heavy atom. The Balaban J connectivity index is 3.22. The van der Waals surface area contributed by atoms with E-state index in [0.717, 1.165) is 5.56 Å². The van der Waals surface area contributed by atoms with Crippen molar-refractivity contribution in [2.75, 3.05) is 0 Å². The molecule has 0 saturated heterocycles. The molecule has 0 aromatic heterocycles. The molecule has 4 nitrogen and oxygen atoms in total. The third-order valence-electron chi connectivity index (χ3n) is 1.71. The zero-order valence-corrected chi connectivity index (χ0v) is 9.65. The highest BCUT2D eigenvalue weighted by Gasteiger charge is 2.10. The number of aryl methyl sites for hydroxylation is 1. The van der Waals surface area contributed by atoms with Crippen LogP contribution < -0.4 is 0 Å². The van der Waals surface area contributed by atoms with Crippen LogP contribution in [0.4, 0.5) is 0 Å². The van der Waals surface area contributed by atoms with Gasteiger partial charge in [-0.1, -0.05) is 17.7 Å². The maximum absolute atomic E-state index is 10.9. The number of halogens is 1. The number of benzene rings is 1. The predicted molar refractivity (Wildman–Crippen MR) is 56.6 cm³/mol. The van der Waals surface area contributed by atoms with E-state index in [1.165, 1.54) is 6.07 Å². The molecule has 0 amide bonds. The van der Waals surface area contributed by atoms with Gasteiger partial charge in [-0.15, -0.1) is 0 Å². The van der Waals surface area contributed by atoms with Gasteiger partial charge in [-0.2, -0.15) is 0 Å². The summed E-state index contributed by atoms with van der Waals surface area (Å²) in [4.78, 5) is 10.5. The molecule has 0 spiro atoms. The molecule has 0 saturated carbocycles. The molecule has 0 heterocycles. The second-order valence-corrected chi connectivity index (χ2v) is 5.29. The van der Waals surface area contributed by atoms with Crippen LogP contribution in [-0.4, -0.2) is 11.1 Å². The minimum absolute atomic E-state index is 0.183. The molecule has 1 aromatic rings. The van der Waals surface area contributed by atoms with Gasteiger partial charge < -0.3 is 5.11 Å². The lowest BCUT2D eigenvalue weighted by atomic mass is 10.1. The number of carboxylic acid groups (broad SMARTS) is 1. The molecule has 1 rings (SSSR count). The molecule has 0 aliphatic heterocycles. The molecular formula is C9H9IO4. The first kappa shape index (κ1) is 11.1. The van der Waals surface area contributed by atoms with Crippen molar-refractivity contribution in [1.29, 1.82) is 0 Å². The zero-order chi connectivity index (χ0) is 10.7. The average Bonchev–Trinajstić information content (AvgIpc) is 2.01. The van der Waals surface area contributed by atoms with Crippen LogP contribution >= 0.6 is 19.8 Å². The van der Waals surface area contributed by atoms with E-state index in [1.807, 2.05) is 0 Å². The Bertz CT molecular complexity index is 426. The summed E-state index contributed by atoms with van der Waals surface area (Å²) in [6.07, 6.45) is -0.241. The SMILES string of the molecule is Cc1ccc(I(=O)=O)c(CC(=O)O)c1. The Morgan fingerprint density at radius 1 is 1.43 bits per heavy atom. The maximum atomic E-state index is 10.9. The van der Waals surface area contributed by atoms with E-state index in [9.17, 15) is 10.9 Å². The number of hydrogen-bond acceptors (Lipinski definition) is 3. The normalized spacial score (nSPS) is 10.4. The van der Waals surface area contributed by atoms with Crippen molar-refractivity contribution in [3.8, 4) is 0 Å². The van der Waals surface area contributed by atoms with Gasteiger partial charge in [-0.3, -0.25) is 4.79 Å². The van der Waals surface area contributed by atoms with Crippen molar-refractivity contribution in [2.24, 2.45) is 0 Å². The quantitative estimate of drug-likeness (QED) is 0.867. The third-order valence-corrected chi connectivity index (χ3v) is 3.71. The maximum Gasteiger partial charge on any atom is 0.341 e. The first-order valence-electron chi connectivity index (χ1n) is 3.87. The lowest BCUT2D eigenvalue weighted by molar-refractivity contribution is -0.136. The van der Waals surface area contributed by atoms with Crippen molar-refractivity contribution in [1.82, 2.24) is 0 Å². The predicted octanol–water partition coefficient (Wildman–Crippen LogP) is 1.99. The molecule has 0 bridgehead atoms. The average molecular weight is 308 g/mol. The molecule has 14 heavy (non-hydrogen) atoms. The Hall–Kier alpha value is -0.980. The fourth-order valence-corrected chi connectivity index (χ4v) is 2.54. The summed E-state index contributed by atoms with van der Waals surface area (Å²) in [5.74, 6) is -1.02. The Morgan fingerprint density at radius 2 is 2.07 bits per heavy atom. The van der Waals surface area contributed by atoms with Gasteiger partial charge in [0.25, 0.3) is 0 Å². The molecule has 0 aliphatic carbocycles. The molecule has 0 aliphatic rings. The zero-order valence-electron chi connectivity index (χ0n) is 7.49. The van der Waals surface area contributed by atoms with E-state index < -0.39 is 25.8 Å². The van der Waals surface area contributed by atoms with Gasteiger partial charge in [0.15, 0.2) is 0 Å². The van der Waals surface area contributed by atoms with Gasteiger partial charge in [-0.05, 0) is 18.6 Å². The van der Waals surface area contributed by atoms with Crippen LogP contribution in [0.1, 0.15) is 11.1 Å². The molecule has 0 fully saturated rings. The van der Waals surface area contributed by atoms with E-state index in [0.29, 0.717) is 5.56 Å². The first-order chi connectivity index (χ1) is 6.50. The molecule has 76 valence electrons. The molecule has 0 atom stereocenters. The monoisotopic (exact) mass is 308 g/mol. The van der Waals surface area contributed by atoms with Crippen molar-refractivity contribution in [3.05, 3.63) is 32.9 Å². The summed E-state index contributed by atoms with van der Waals surface area (Å²) in [7, 11) is 0. The standard InChI is InChI=1S/C9H9IO4/c1-6-2-3-8(10(13)14)7(4-6)5-9(11)12/h2-4H,5H2,1H3,(H,11,12). The molecule has 1 aromatic carbocycles. The Labute approximate surface area is 88.1 Å². The molecule has 1 N–H and O–H groups in total.